The fourth-order valence-corrected chi connectivity index (χ4v) is 11.9. The SMILES string of the molecule is COC(=O)CSC(SCC(=O)OC)C1C(S(=O)c2ccccc2)C(C)(/C(=C(\C)c2ccccc2)c2ccccc2)C(=O)C1(C)C. The molecule has 9 heteroatoms. The summed E-state index contributed by atoms with van der Waals surface area (Å²) in [5.74, 6) is -1.35. The van der Waals surface area contributed by atoms with Crippen LogP contribution in [0.5, 0.6) is 0 Å². The normalized spacial score (nSPS) is 22.1. The van der Waals surface area contributed by atoms with Crippen molar-refractivity contribution in [1.29, 1.82) is 0 Å². The van der Waals surface area contributed by atoms with E-state index in [9.17, 15) is 9.59 Å². The summed E-state index contributed by atoms with van der Waals surface area (Å²) in [4.78, 5) is 40.5. The third kappa shape index (κ3) is 7.16. The van der Waals surface area contributed by atoms with Crippen molar-refractivity contribution in [3.63, 3.8) is 0 Å². The van der Waals surface area contributed by atoms with Crippen LogP contribution in [0.4, 0.5) is 0 Å². The lowest BCUT2D eigenvalue weighted by Crippen LogP contribution is -2.42. The number of Topliss-reactive ketones (excluding diaryl/α,β-unsaturated/α-hetero) is 1. The number of esters is 2. The van der Waals surface area contributed by atoms with Crippen molar-refractivity contribution in [3.05, 3.63) is 102 Å². The Morgan fingerprint density at radius 3 is 1.69 bits per heavy atom. The summed E-state index contributed by atoms with van der Waals surface area (Å²) in [6.07, 6.45) is 0. The molecule has 3 aromatic rings. The molecular formula is C36H40O6S3. The van der Waals surface area contributed by atoms with Crippen LogP contribution in [0.3, 0.4) is 0 Å². The van der Waals surface area contributed by atoms with Gasteiger partial charge in [-0.2, -0.15) is 0 Å². The average molecular weight is 665 g/mol. The van der Waals surface area contributed by atoms with Gasteiger partial charge in [0.2, 0.25) is 0 Å². The maximum atomic E-state index is 15.2. The number of carbonyl (C=O) groups is 3. The number of ketones is 1. The second-order valence-corrected chi connectivity index (χ2v) is 15.8. The molecule has 4 rings (SSSR count). The molecule has 4 unspecified atom stereocenters. The van der Waals surface area contributed by atoms with E-state index in [1.807, 2.05) is 119 Å². The Morgan fingerprint density at radius 1 is 0.778 bits per heavy atom. The minimum Gasteiger partial charge on any atom is -0.468 e. The highest BCUT2D eigenvalue weighted by Gasteiger charge is 2.67. The van der Waals surface area contributed by atoms with Crippen LogP contribution in [-0.4, -0.2) is 57.5 Å². The van der Waals surface area contributed by atoms with Crippen molar-refractivity contribution in [2.24, 2.45) is 16.7 Å². The molecule has 1 aliphatic carbocycles. The summed E-state index contributed by atoms with van der Waals surface area (Å²) < 4.78 is 24.5. The maximum Gasteiger partial charge on any atom is 0.315 e. The molecule has 0 heterocycles. The number of benzene rings is 3. The highest BCUT2D eigenvalue weighted by Crippen LogP contribution is 2.62. The summed E-state index contributed by atoms with van der Waals surface area (Å²) in [5, 5.41) is -0.712. The van der Waals surface area contributed by atoms with E-state index >= 15 is 9.00 Å². The Hall–Kier alpha value is -3.14. The van der Waals surface area contributed by atoms with E-state index in [1.165, 1.54) is 37.7 Å². The largest absolute Gasteiger partial charge is 0.468 e. The van der Waals surface area contributed by atoms with Crippen LogP contribution < -0.4 is 0 Å². The van der Waals surface area contributed by atoms with Crippen LogP contribution in [-0.2, 0) is 34.7 Å². The highest BCUT2D eigenvalue weighted by molar-refractivity contribution is 8.17. The van der Waals surface area contributed by atoms with Crippen LogP contribution >= 0.6 is 23.5 Å². The van der Waals surface area contributed by atoms with Gasteiger partial charge < -0.3 is 9.47 Å². The van der Waals surface area contributed by atoms with E-state index < -0.39 is 49.3 Å². The summed E-state index contributed by atoms with van der Waals surface area (Å²) >= 11 is 2.63. The molecule has 0 spiro atoms. The van der Waals surface area contributed by atoms with Gasteiger partial charge in [-0.3, -0.25) is 18.6 Å². The first-order valence-corrected chi connectivity index (χ1v) is 18.0. The molecular weight excluding hydrogens is 625 g/mol. The number of allylic oxidation sites excluding steroid dienone is 2. The maximum absolute atomic E-state index is 15.2. The number of methoxy groups -OCH3 is 2. The number of thioether (sulfide) groups is 2. The number of carbonyl (C=O) groups excluding carboxylic acids is 3. The Bertz CT molecular complexity index is 1540. The quantitative estimate of drug-likeness (QED) is 0.115. The molecule has 3 aromatic carbocycles. The third-order valence-electron chi connectivity index (χ3n) is 8.63. The van der Waals surface area contributed by atoms with Crippen molar-refractivity contribution in [1.82, 2.24) is 0 Å². The van der Waals surface area contributed by atoms with Gasteiger partial charge in [-0.1, -0.05) is 92.7 Å². The topological polar surface area (TPSA) is 86.7 Å². The predicted octanol–water partition coefficient (Wildman–Crippen LogP) is 7.16. The summed E-state index contributed by atoms with van der Waals surface area (Å²) in [6.45, 7) is 7.77. The van der Waals surface area contributed by atoms with Gasteiger partial charge in [0.15, 0.2) is 0 Å². The molecule has 1 saturated carbocycles. The molecule has 1 aliphatic rings. The van der Waals surface area contributed by atoms with Crippen molar-refractivity contribution < 1.29 is 28.1 Å². The Kier molecular flexibility index (Phi) is 11.6. The van der Waals surface area contributed by atoms with Crippen molar-refractivity contribution in [2.45, 2.75) is 42.4 Å². The van der Waals surface area contributed by atoms with Gasteiger partial charge in [-0.25, -0.2) is 0 Å². The van der Waals surface area contributed by atoms with Gasteiger partial charge in [-0.05, 0) is 48.3 Å². The number of hydrogen-bond donors (Lipinski definition) is 0. The fraction of sp³-hybridized carbons (Fsp3) is 0.361. The molecule has 0 aliphatic heterocycles. The van der Waals surface area contributed by atoms with E-state index in [-0.39, 0.29) is 17.3 Å². The molecule has 4 atom stereocenters. The first kappa shape index (κ1) is 34.7. The molecule has 0 aromatic heterocycles. The second-order valence-electron chi connectivity index (χ2n) is 11.7. The molecule has 1 fully saturated rings. The van der Waals surface area contributed by atoms with Gasteiger partial charge in [0.25, 0.3) is 0 Å². The second kappa shape index (κ2) is 15.0. The van der Waals surface area contributed by atoms with Gasteiger partial charge >= 0.3 is 11.9 Å². The van der Waals surface area contributed by atoms with Crippen molar-refractivity contribution in [2.75, 3.05) is 25.7 Å². The zero-order chi connectivity index (χ0) is 32.8. The van der Waals surface area contributed by atoms with Gasteiger partial charge in [0.1, 0.15) is 5.78 Å². The molecule has 0 saturated heterocycles. The molecule has 0 amide bonds. The monoisotopic (exact) mass is 664 g/mol. The third-order valence-corrected chi connectivity index (χ3v) is 13.5. The molecule has 0 N–H and O–H groups in total. The van der Waals surface area contributed by atoms with E-state index in [0.29, 0.717) is 4.90 Å². The van der Waals surface area contributed by atoms with Crippen molar-refractivity contribution >= 4 is 63.2 Å². The standard InChI is InChI=1S/C36H40O6S3/c1-24(25-16-10-7-11-17-25)30(26-18-12-8-13-19-26)36(4)32(45(40)27-20-14-9-15-21-27)31(35(2,3)34(36)39)33(43-22-28(37)41-5)44-23-29(38)42-6/h7-21,31-33H,22-23H2,1-6H3/b30-24+. The van der Waals surface area contributed by atoms with Crippen LogP contribution in [0.25, 0.3) is 11.1 Å². The van der Waals surface area contributed by atoms with Crippen LogP contribution in [0.2, 0.25) is 0 Å². The van der Waals surface area contributed by atoms with E-state index in [0.717, 1.165) is 22.3 Å². The average Bonchev–Trinajstić information content (AvgIpc) is 3.22. The predicted molar refractivity (Wildman–Crippen MR) is 185 cm³/mol. The lowest BCUT2D eigenvalue weighted by atomic mass is 9.71. The zero-order valence-corrected chi connectivity index (χ0v) is 28.9. The minimum absolute atomic E-state index is 0.0158. The summed E-state index contributed by atoms with van der Waals surface area (Å²) in [7, 11) is 0.999. The number of ether oxygens (including phenoxy) is 2. The Labute approximate surface area is 277 Å². The van der Waals surface area contributed by atoms with Crippen LogP contribution in [0.1, 0.15) is 38.8 Å². The first-order valence-electron chi connectivity index (χ1n) is 14.7. The molecule has 0 radical (unpaired) electrons. The molecule has 6 nitrogen and oxygen atoms in total. The van der Waals surface area contributed by atoms with Gasteiger partial charge in [0, 0.05) is 16.2 Å². The van der Waals surface area contributed by atoms with Crippen LogP contribution in [0, 0.1) is 16.7 Å². The lowest BCUT2D eigenvalue weighted by Gasteiger charge is -2.38. The van der Waals surface area contributed by atoms with Gasteiger partial charge in [-0.15, -0.1) is 23.5 Å². The Morgan fingerprint density at radius 2 is 1.22 bits per heavy atom. The molecule has 238 valence electrons. The number of rotatable bonds is 12. The highest BCUT2D eigenvalue weighted by atomic mass is 32.2. The Balaban J connectivity index is 2.03. The number of hydrogen-bond acceptors (Lipinski definition) is 8. The fourth-order valence-electron chi connectivity index (χ4n) is 6.49. The lowest BCUT2D eigenvalue weighted by molar-refractivity contribution is -0.138. The summed E-state index contributed by atoms with van der Waals surface area (Å²) in [5.41, 5.74) is 1.38. The van der Waals surface area contributed by atoms with E-state index in [4.69, 9.17) is 9.47 Å². The van der Waals surface area contributed by atoms with Gasteiger partial charge in [0.05, 0.1) is 51.8 Å². The summed E-state index contributed by atoms with van der Waals surface area (Å²) in [6, 6.07) is 29.0. The first-order chi connectivity index (χ1) is 21.5. The smallest absolute Gasteiger partial charge is 0.315 e. The molecule has 45 heavy (non-hydrogen) atoms. The van der Waals surface area contributed by atoms with Crippen molar-refractivity contribution in [3.8, 4) is 0 Å². The zero-order valence-electron chi connectivity index (χ0n) is 26.5. The molecule has 0 bridgehead atoms. The van der Waals surface area contributed by atoms with E-state index in [1.54, 1.807) is 0 Å². The van der Waals surface area contributed by atoms with Crippen LogP contribution in [0.15, 0.2) is 95.9 Å². The van der Waals surface area contributed by atoms with E-state index in [2.05, 4.69) is 0 Å². The minimum atomic E-state index is -1.66.